The van der Waals surface area contributed by atoms with Gasteiger partial charge >= 0.3 is 0 Å². The van der Waals surface area contributed by atoms with Crippen molar-refractivity contribution in [3.05, 3.63) is 24.3 Å². The lowest BCUT2D eigenvalue weighted by Crippen LogP contribution is -2.40. The van der Waals surface area contributed by atoms with Crippen molar-refractivity contribution in [2.75, 3.05) is 6.54 Å². The minimum absolute atomic E-state index is 0.641. The van der Waals surface area contributed by atoms with E-state index >= 15 is 0 Å². The Morgan fingerprint density at radius 3 is 3.00 bits per heavy atom. The molecule has 108 valence electrons. The summed E-state index contributed by atoms with van der Waals surface area (Å²) in [6, 6.07) is 8.91. The third kappa shape index (κ3) is 3.18. The van der Waals surface area contributed by atoms with Crippen molar-refractivity contribution in [2.24, 2.45) is 0 Å². The molecule has 0 aliphatic heterocycles. The minimum atomic E-state index is 0.641. The standard InChI is InChI=1S/C16H23N3S/c1-2-11-17-14-9-5-6-10-15(14)20-16-18-12-7-3-4-8-13(12)19-16/h3-4,7-8,14-15,17H,2,5-6,9-11H2,1H3,(H,18,19). The number of aromatic nitrogens is 2. The molecule has 3 nitrogen and oxygen atoms in total. The molecule has 20 heavy (non-hydrogen) atoms. The number of thioether (sulfide) groups is 1. The van der Waals surface area contributed by atoms with Gasteiger partial charge in [-0.15, -0.1) is 0 Å². The van der Waals surface area contributed by atoms with Gasteiger partial charge in [0.15, 0.2) is 5.16 Å². The highest BCUT2D eigenvalue weighted by Gasteiger charge is 2.26. The van der Waals surface area contributed by atoms with E-state index in [4.69, 9.17) is 4.98 Å². The molecule has 0 bridgehead atoms. The second kappa shape index (κ2) is 6.64. The summed E-state index contributed by atoms with van der Waals surface area (Å²) in [6.45, 7) is 3.36. The number of nitrogens with one attached hydrogen (secondary N) is 2. The second-order valence-electron chi connectivity index (χ2n) is 5.56. The van der Waals surface area contributed by atoms with Crippen LogP contribution >= 0.6 is 11.8 Å². The molecule has 0 spiro atoms. The lowest BCUT2D eigenvalue weighted by Gasteiger charge is -2.31. The highest BCUT2D eigenvalue weighted by Crippen LogP contribution is 2.33. The fourth-order valence-electron chi connectivity index (χ4n) is 2.93. The summed E-state index contributed by atoms with van der Waals surface area (Å²) < 4.78 is 0. The van der Waals surface area contributed by atoms with Crippen LogP contribution in [0.5, 0.6) is 0 Å². The maximum Gasteiger partial charge on any atom is 0.166 e. The highest BCUT2D eigenvalue weighted by molar-refractivity contribution is 7.99. The maximum atomic E-state index is 4.70. The van der Waals surface area contributed by atoms with Crippen LogP contribution in [0, 0.1) is 0 Å². The van der Waals surface area contributed by atoms with Crippen LogP contribution in [0.2, 0.25) is 0 Å². The van der Waals surface area contributed by atoms with Crippen molar-refractivity contribution < 1.29 is 0 Å². The largest absolute Gasteiger partial charge is 0.333 e. The zero-order chi connectivity index (χ0) is 13.8. The maximum absolute atomic E-state index is 4.70. The van der Waals surface area contributed by atoms with E-state index in [1.54, 1.807) is 0 Å². The molecule has 1 aromatic heterocycles. The van der Waals surface area contributed by atoms with Gasteiger partial charge in [0.05, 0.1) is 11.0 Å². The van der Waals surface area contributed by atoms with E-state index in [1.807, 2.05) is 17.8 Å². The van der Waals surface area contributed by atoms with Gasteiger partial charge in [-0.1, -0.05) is 43.7 Å². The van der Waals surface area contributed by atoms with Gasteiger partial charge in [0.1, 0.15) is 0 Å². The predicted octanol–water partition coefficient (Wildman–Crippen LogP) is 3.97. The zero-order valence-electron chi connectivity index (χ0n) is 12.1. The van der Waals surface area contributed by atoms with E-state index in [0.29, 0.717) is 11.3 Å². The van der Waals surface area contributed by atoms with Crippen molar-refractivity contribution in [1.82, 2.24) is 15.3 Å². The Balaban J connectivity index is 1.70. The van der Waals surface area contributed by atoms with Crippen LogP contribution in [-0.4, -0.2) is 27.8 Å². The molecule has 1 heterocycles. The molecule has 2 aromatic rings. The predicted molar refractivity (Wildman–Crippen MR) is 86.3 cm³/mol. The van der Waals surface area contributed by atoms with Crippen LogP contribution in [0.15, 0.2) is 29.4 Å². The molecule has 2 N–H and O–H groups in total. The van der Waals surface area contributed by atoms with Crippen LogP contribution in [0.25, 0.3) is 11.0 Å². The van der Waals surface area contributed by atoms with Crippen LogP contribution in [0.3, 0.4) is 0 Å². The first-order valence-electron chi connectivity index (χ1n) is 7.71. The van der Waals surface area contributed by atoms with E-state index < -0.39 is 0 Å². The molecule has 2 atom stereocenters. The molecular weight excluding hydrogens is 266 g/mol. The average molecular weight is 289 g/mol. The van der Waals surface area contributed by atoms with E-state index in [-0.39, 0.29) is 0 Å². The minimum Gasteiger partial charge on any atom is -0.333 e. The quantitative estimate of drug-likeness (QED) is 0.875. The van der Waals surface area contributed by atoms with Gasteiger partial charge in [-0.05, 0) is 37.9 Å². The summed E-state index contributed by atoms with van der Waals surface area (Å²) >= 11 is 1.92. The van der Waals surface area contributed by atoms with Crippen molar-refractivity contribution >= 4 is 22.8 Å². The summed E-state index contributed by atoms with van der Waals surface area (Å²) in [5.41, 5.74) is 2.22. The number of imidazole rings is 1. The molecule has 1 fully saturated rings. The SMILES string of the molecule is CCCNC1CCCCC1Sc1nc2ccccc2[nH]1. The van der Waals surface area contributed by atoms with Crippen molar-refractivity contribution in [3.63, 3.8) is 0 Å². The van der Waals surface area contributed by atoms with Gasteiger partial charge in [0, 0.05) is 11.3 Å². The van der Waals surface area contributed by atoms with Gasteiger partial charge in [-0.2, -0.15) is 0 Å². The number of fused-ring (bicyclic) bond motifs is 1. The molecule has 1 saturated carbocycles. The topological polar surface area (TPSA) is 40.7 Å². The Morgan fingerprint density at radius 2 is 2.15 bits per heavy atom. The van der Waals surface area contributed by atoms with Gasteiger partial charge in [0.25, 0.3) is 0 Å². The summed E-state index contributed by atoms with van der Waals surface area (Å²) in [5.74, 6) is 0. The van der Waals surface area contributed by atoms with Crippen LogP contribution in [0.1, 0.15) is 39.0 Å². The smallest absolute Gasteiger partial charge is 0.166 e. The van der Waals surface area contributed by atoms with E-state index in [1.165, 1.54) is 32.1 Å². The molecular formula is C16H23N3S. The lowest BCUT2D eigenvalue weighted by molar-refractivity contribution is 0.384. The Morgan fingerprint density at radius 1 is 1.30 bits per heavy atom. The molecule has 4 heteroatoms. The molecule has 0 saturated heterocycles. The normalized spacial score (nSPS) is 23.2. The summed E-state index contributed by atoms with van der Waals surface area (Å²) in [5, 5.41) is 5.43. The number of para-hydroxylation sites is 2. The number of aromatic amines is 1. The Bertz CT molecular complexity index is 518. The third-order valence-electron chi connectivity index (χ3n) is 3.99. The number of rotatable bonds is 5. The van der Waals surface area contributed by atoms with Gasteiger partial charge in [-0.3, -0.25) is 0 Å². The number of hydrogen-bond donors (Lipinski definition) is 2. The molecule has 3 rings (SSSR count). The Labute approximate surface area is 124 Å². The van der Waals surface area contributed by atoms with Crippen LogP contribution in [-0.2, 0) is 0 Å². The summed E-state index contributed by atoms with van der Waals surface area (Å²) in [6.07, 6.45) is 6.51. The highest BCUT2D eigenvalue weighted by atomic mass is 32.2. The van der Waals surface area contributed by atoms with Crippen molar-refractivity contribution in [2.45, 2.75) is 55.5 Å². The van der Waals surface area contributed by atoms with Crippen molar-refractivity contribution in [1.29, 1.82) is 0 Å². The molecule has 0 amide bonds. The molecule has 1 aliphatic carbocycles. The average Bonchev–Trinajstić information content (AvgIpc) is 2.88. The van der Waals surface area contributed by atoms with Gasteiger partial charge in [-0.25, -0.2) is 4.98 Å². The van der Waals surface area contributed by atoms with E-state index in [9.17, 15) is 0 Å². The number of benzene rings is 1. The lowest BCUT2D eigenvalue weighted by atomic mass is 9.95. The third-order valence-corrected chi connectivity index (χ3v) is 5.27. The fraction of sp³-hybridized carbons (Fsp3) is 0.562. The first kappa shape index (κ1) is 14.0. The molecule has 1 aromatic carbocycles. The summed E-state index contributed by atoms with van der Waals surface area (Å²) in [4.78, 5) is 8.14. The van der Waals surface area contributed by atoms with Gasteiger partial charge in [0.2, 0.25) is 0 Å². The number of hydrogen-bond acceptors (Lipinski definition) is 3. The first-order chi connectivity index (χ1) is 9.86. The second-order valence-corrected chi connectivity index (χ2v) is 6.79. The van der Waals surface area contributed by atoms with Crippen LogP contribution in [0.4, 0.5) is 0 Å². The number of H-pyrrole nitrogens is 1. The van der Waals surface area contributed by atoms with Crippen LogP contribution < -0.4 is 5.32 Å². The molecule has 0 radical (unpaired) electrons. The zero-order valence-corrected chi connectivity index (χ0v) is 12.9. The Kier molecular flexibility index (Phi) is 4.63. The first-order valence-corrected chi connectivity index (χ1v) is 8.59. The Hall–Kier alpha value is -1.00. The number of nitrogens with zero attached hydrogens (tertiary/aromatic N) is 1. The molecule has 1 aliphatic rings. The monoisotopic (exact) mass is 289 g/mol. The van der Waals surface area contributed by atoms with Crippen molar-refractivity contribution in [3.8, 4) is 0 Å². The van der Waals surface area contributed by atoms with E-state index in [2.05, 4.69) is 35.4 Å². The van der Waals surface area contributed by atoms with E-state index in [0.717, 1.165) is 22.7 Å². The summed E-state index contributed by atoms with van der Waals surface area (Å²) in [7, 11) is 0. The van der Waals surface area contributed by atoms with Gasteiger partial charge < -0.3 is 10.3 Å². The molecule has 2 unspecified atom stereocenters. The fourth-order valence-corrected chi connectivity index (χ4v) is 4.22.